The van der Waals surface area contributed by atoms with Crippen molar-refractivity contribution < 1.29 is 9.59 Å². The first-order chi connectivity index (χ1) is 10.9. The normalized spacial score (nSPS) is 20.8. The summed E-state index contributed by atoms with van der Waals surface area (Å²) in [5.74, 6) is 1.15. The molecule has 1 N–H and O–H groups in total. The van der Waals surface area contributed by atoms with Crippen molar-refractivity contribution in [1.29, 1.82) is 0 Å². The summed E-state index contributed by atoms with van der Waals surface area (Å²) < 4.78 is 0. The topological polar surface area (TPSA) is 49.4 Å². The Balaban J connectivity index is 2.31. The number of likely N-dealkylation sites (N-methyl/N-ethyl adjacent to an activating group) is 1. The average molecular weight is 320 g/mol. The van der Waals surface area contributed by atoms with Crippen molar-refractivity contribution in [2.75, 3.05) is 33.2 Å². The highest BCUT2D eigenvalue weighted by Gasteiger charge is 2.24. The van der Waals surface area contributed by atoms with E-state index in [4.69, 9.17) is 0 Å². The molecule has 2 atom stereocenters. The standard InChI is InChI=1S/C19H32N2O2/c1-15(2)18(22)8-6-11-21-12-9-17(14-21)13-16(3)19(23)7-5-10-20-4/h5-8,15-17,20H,9-14H2,1-4H3/b7-5+,8-6+. The summed E-state index contributed by atoms with van der Waals surface area (Å²) >= 11 is 0. The zero-order valence-corrected chi connectivity index (χ0v) is 15.0. The van der Waals surface area contributed by atoms with Gasteiger partial charge in [-0.1, -0.05) is 32.9 Å². The minimum Gasteiger partial charge on any atom is -0.316 e. The van der Waals surface area contributed by atoms with Crippen LogP contribution in [0.5, 0.6) is 0 Å². The van der Waals surface area contributed by atoms with E-state index < -0.39 is 0 Å². The zero-order valence-electron chi connectivity index (χ0n) is 15.0. The molecule has 0 aromatic heterocycles. The van der Waals surface area contributed by atoms with Gasteiger partial charge in [-0.25, -0.2) is 0 Å². The van der Waals surface area contributed by atoms with E-state index in [1.54, 1.807) is 12.2 Å². The van der Waals surface area contributed by atoms with Crippen molar-refractivity contribution >= 4 is 11.6 Å². The number of hydrogen-bond donors (Lipinski definition) is 1. The fourth-order valence-corrected chi connectivity index (χ4v) is 2.85. The minimum atomic E-state index is 0.0698. The molecule has 130 valence electrons. The number of hydrogen-bond acceptors (Lipinski definition) is 4. The Morgan fingerprint density at radius 2 is 1.87 bits per heavy atom. The van der Waals surface area contributed by atoms with Crippen LogP contribution in [0.15, 0.2) is 24.3 Å². The van der Waals surface area contributed by atoms with E-state index in [1.807, 2.05) is 40.0 Å². The molecule has 1 saturated heterocycles. The number of carbonyl (C=O) groups is 2. The van der Waals surface area contributed by atoms with Crippen LogP contribution in [0.25, 0.3) is 0 Å². The fraction of sp³-hybridized carbons (Fsp3) is 0.684. The highest BCUT2D eigenvalue weighted by atomic mass is 16.1. The van der Waals surface area contributed by atoms with Crippen LogP contribution in [0.4, 0.5) is 0 Å². The Kier molecular flexibility index (Phi) is 9.03. The van der Waals surface area contributed by atoms with Crippen LogP contribution in [-0.4, -0.2) is 49.7 Å². The van der Waals surface area contributed by atoms with Crippen LogP contribution in [-0.2, 0) is 9.59 Å². The van der Waals surface area contributed by atoms with Gasteiger partial charge < -0.3 is 5.32 Å². The van der Waals surface area contributed by atoms with Crippen LogP contribution in [0, 0.1) is 17.8 Å². The van der Waals surface area contributed by atoms with Gasteiger partial charge in [0.15, 0.2) is 11.6 Å². The van der Waals surface area contributed by atoms with Gasteiger partial charge >= 0.3 is 0 Å². The smallest absolute Gasteiger partial charge is 0.158 e. The number of ketones is 2. The van der Waals surface area contributed by atoms with E-state index in [0.717, 1.165) is 39.0 Å². The van der Waals surface area contributed by atoms with Crippen molar-refractivity contribution in [3.05, 3.63) is 24.3 Å². The molecule has 0 aliphatic carbocycles. The summed E-state index contributed by atoms with van der Waals surface area (Å²) in [5.41, 5.74) is 0. The Hall–Kier alpha value is -1.26. The lowest BCUT2D eigenvalue weighted by atomic mass is 9.92. The molecule has 4 heteroatoms. The van der Waals surface area contributed by atoms with Crippen LogP contribution in [0.1, 0.15) is 33.6 Å². The number of allylic oxidation sites excluding steroid dienone is 2. The third-order valence-electron chi connectivity index (χ3n) is 4.36. The van der Waals surface area contributed by atoms with E-state index in [1.165, 1.54) is 0 Å². The SMILES string of the molecule is CNC/C=C/C(=O)C(C)CC1CCN(C/C=C/C(=O)C(C)C)C1. The van der Waals surface area contributed by atoms with Gasteiger partial charge in [-0.05, 0) is 44.5 Å². The van der Waals surface area contributed by atoms with Gasteiger partial charge in [0.2, 0.25) is 0 Å². The molecule has 0 aromatic rings. The lowest BCUT2D eigenvalue weighted by Crippen LogP contribution is -2.22. The summed E-state index contributed by atoms with van der Waals surface area (Å²) in [4.78, 5) is 25.9. The summed E-state index contributed by atoms with van der Waals surface area (Å²) in [6.45, 7) is 9.51. The van der Waals surface area contributed by atoms with Crippen molar-refractivity contribution in [1.82, 2.24) is 10.2 Å². The third kappa shape index (κ3) is 7.71. The van der Waals surface area contributed by atoms with E-state index >= 15 is 0 Å². The van der Waals surface area contributed by atoms with Crippen molar-refractivity contribution in [2.24, 2.45) is 17.8 Å². The summed E-state index contributed by atoms with van der Waals surface area (Å²) in [5, 5.41) is 3.00. The maximum absolute atomic E-state index is 12.0. The first kappa shape index (κ1) is 19.8. The van der Waals surface area contributed by atoms with Gasteiger partial charge in [0.1, 0.15) is 0 Å². The molecule has 1 fully saturated rings. The van der Waals surface area contributed by atoms with Gasteiger partial charge in [0.05, 0.1) is 0 Å². The molecule has 0 amide bonds. The first-order valence-corrected chi connectivity index (χ1v) is 8.71. The van der Waals surface area contributed by atoms with Crippen molar-refractivity contribution in [3.63, 3.8) is 0 Å². The highest BCUT2D eigenvalue weighted by molar-refractivity contribution is 5.91. The van der Waals surface area contributed by atoms with Crippen LogP contribution >= 0.6 is 0 Å². The summed E-state index contributed by atoms with van der Waals surface area (Å²) in [7, 11) is 1.87. The minimum absolute atomic E-state index is 0.0698. The van der Waals surface area contributed by atoms with Crippen molar-refractivity contribution in [2.45, 2.75) is 33.6 Å². The number of nitrogens with one attached hydrogen (secondary N) is 1. The zero-order chi connectivity index (χ0) is 17.2. The largest absolute Gasteiger partial charge is 0.316 e. The second-order valence-electron chi connectivity index (χ2n) is 6.87. The van der Waals surface area contributed by atoms with Crippen LogP contribution in [0.2, 0.25) is 0 Å². The maximum atomic E-state index is 12.0. The number of likely N-dealkylation sites (tertiary alicyclic amines) is 1. The Morgan fingerprint density at radius 1 is 1.17 bits per heavy atom. The maximum Gasteiger partial charge on any atom is 0.158 e. The van der Waals surface area contributed by atoms with Crippen molar-refractivity contribution in [3.8, 4) is 0 Å². The molecule has 23 heavy (non-hydrogen) atoms. The predicted molar refractivity (Wildman–Crippen MR) is 95.4 cm³/mol. The molecule has 2 unspecified atom stereocenters. The number of carbonyl (C=O) groups excluding carboxylic acids is 2. The van der Waals surface area contributed by atoms with E-state index in [2.05, 4.69) is 10.2 Å². The van der Waals surface area contributed by atoms with Gasteiger partial charge in [-0.2, -0.15) is 0 Å². The molecular weight excluding hydrogens is 288 g/mol. The monoisotopic (exact) mass is 320 g/mol. The molecule has 1 aliphatic rings. The summed E-state index contributed by atoms with van der Waals surface area (Å²) in [6, 6.07) is 0. The van der Waals surface area contributed by atoms with Gasteiger partial charge in [-0.15, -0.1) is 0 Å². The molecule has 0 spiro atoms. The van der Waals surface area contributed by atoms with Crippen LogP contribution in [0.3, 0.4) is 0 Å². The molecule has 1 heterocycles. The molecule has 1 rings (SSSR count). The lowest BCUT2D eigenvalue weighted by molar-refractivity contribution is -0.118. The molecule has 0 aromatic carbocycles. The average Bonchev–Trinajstić information content (AvgIpc) is 2.94. The first-order valence-electron chi connectivity index (χ1n) is 8.71. The van der Waals surface area contributed by atoms with Gasteiger partial charge in [0.25, 0.3) is 0 Å². The molecule has 0 bridgehead atoms. The molecule has 0 radical (unpaired) electrons. The second kappa shape index (κ2) is 10.5. The lowest BCUT2D eigenvalue weighted by Gasteiger charge is -2.16. The molecule has 0 saturated carbocycles. The number of nitrogens with zero attached hydrogens (tertiary/aromatic N) is 1. The molecular formula is C19H32N2O2. The Morgan fingerprint density at radius 3 is 2.52 bits per heavy atom. The quantitative estimate of drug-likeness (QED) is 0.628. The number of rotatable bonds is 10. The Labute approximate surface area is 141 Å². The third-order valence-corrected chi connectivity index (χ3v) is 4.36. The highest BCUT2D eigenvalue weighted by Crippen LogP contribution is 2.24. The molecule has 1 aliphatic heterocycles. The van der Waals surface area contributed by atoms with Gasteiger partial charge in [-0.3, -0.25) is 14.5 Å². The van der Waals surface area contributed by atoms with Gasteiger partial charge in [0, 0.05) is 31.5 Å². The summed E-state index contributed by atoms with van der Waals surface area (Å²) in [6.07, 6.45) is 9.36. The second-order valence-corrected chi connectivity index (χ2v) is 6.87. The Bertz CT molecular complexity index is 441. The van der Waals surface area contributed by atoms with E-state index in [0.29, 0.717) is 5.92 Å². The predicted octanol–water partition coefficient (Wildman–Crippen LogP) is 2.46. The fourth-order valence-electron chi connectivity index (χ4n) is 2.85. The molecule has 4 nitrogen and oxygen atoms in total. The van der Waals surface area contributed by atoms with E-state index in [-0.39, 0.29) is 23.4 Å². The van der Waals surface area contributed by atoms with Crippen LogP contribution < -0.4 is 5.32 Å². The van der Waals surface area contributed by atoms with E-state index in [9.17, 15) is 9.59 Å².